The third-order valence-electron chi connectivity index (χ3n) is 5.08. The van der Waals surface area contributed by atoms with Crippen LogP contribution >= 0.6 is 23.2 Å². The number of ketones is 1. The molecule has 0 saturated carbocycles. The molecule has 0 bridgehead atoms. The number of halogens is 2. The van der Waals surface area contributed by atoms with E-state index in [9.17, 15) is 4.79 Å². The molecule has 1 unspecified atom stereocenters. The van der Waals surface area contributed by atoms with Gasteiger partial charge in [-0.1, -0.05) is 35.3 Å². The number of aryl methyl sites for hydroxylation is 1. The molecule has 1 aromatic heterocycles. The van der Waals surface area contributed by atoms with Crippen molar-refractivity contribution in [2.75, 3.05) is 13.2 Å². The molecule has 30 heavy (non-hydrogen) atoms. The second kappa shape index (κ2) is 8.62. The Labute approximate surface area is 185 Å². The predicted octanol–water partition coefficient (Wildman–Crippen LogP) is 5.51. The lowest BCUT2D eigenvalue weighted by molar-refractivity contribution is 0.0777. The van der Waals surface area contributed by atoms with Gasteiger partial charge in [0, 0.05) is 22.0 Å². The number of fused-ring (bicyclic) bond motifs is 1. The average Bonchev–Trinajstić information content (AvgIpc) is 3.01. The molecule has 0 spiro atoms. The lowest BCUT2D eigenvalue weighted by Crippen LogP contribution is -2.33. The number of nitrogens with zero attached hydrogens (tertiary/aromatic N) is 1. The van der Waals surface area contributed by atoms with Gasteiger partial charge in [-0.2, -0.15) is 0 Å². The smallest absolute Gasteiger partial charge is 0.202 e. The van der Waals surface area contributed by atoms with E-state index in [1.807, 2.05) is 44.2 Å². The normalized spacial score (nSPS) is 15.1. The average molecular weight is 446 g/mol. The van der Waals surface area contributed by atoms with Crippen molar-refractivity contribution in [3.8, 4) is 17.2 Å². The first kappa shape index (κ1) is 20.6. The third kappa shape index (κ3) is 4.27. The van der Waals surface area contributed by atoms with E-state index in [2.05, 4.69) is 4.57 Å². The summed E-state index contributed by atoms with van der Waals surface area (Å²) in [6.45, 7) is 4.83. The van der Waals surface area contributed by atoms with Gasteiger partial charge in [0.15, 0.2) is 24.2 Å². The summed E-state index contributed by atoms with van der Waals surface area (Å²) in [5.41, 5.74) is 2.46. The van der Waals surface area contributed by atoms with Crippen LogP contribution in [0.4, 0.5) is 0 Å². The number of hydrogen-bond acceptors (Lipinski definition) is 4. The number of carbonyl (C=O) groups is 1. The summed E-state index contributed by atoms with van der Waals surface area (Å²) in [4.78, 5) is 12.8. The summed E-state index contributed by atoms with van der Waals surface area (Å²) >= 11 is 12.0. The molecule has 5 nitrogen and oxygen atoms in total. The Morgan fingerprint density at radius 3 is 2.67 bits per heavy atom. The Kier molecular flexibility index (Phi) is 5.93. The quantitative estimate of drug-likeness (QED) is 0.469. The Hall–Kier alpha value is -2.63. The monoisotopic (exact) mass is 445 g/mol. The van der Waals surface area contributed by atoms with Crippen molar-refractivity contribution in [2.24, 2.45) is 0 Å². The minimum atomic E-state index is -0.142. The van der Waals surface area contributed by atoms with E-state index in [1.54, 1.807) is 18.2 Å². The van der Waals surface area contributed by atoms with Crippen molar-refractivity contribution in [2.45, 2.75) is 26.5 Å². The van der Waals surface area contributed by atoms with Gasteiger partial charge < -0.3 is 18.8 Å². The van der Waals surface area contributed by atoms with E-state index in [1.165, 1.54) is 0 Å². The van der Waals surface area contributed by atoms with Crippen LogP contribution < -0.4 is 14.2 Å². The van der Waals surface area contributed by atoms with Gasteiger partial charge in [-0.25, -0.2) is 0 Å². The summed E-state index contributed by atoms with van der Waals surface area (Å²) in [6.07, 6.45) is -0.142. The van der Waals surface area contributed by atoms with Crippen LogP contribution in [0.3, 0.4) is 0 Å². The van der Waals surface area contributed by atoms with Gasteiger partial charge in [0.25, 0.3) is 0 Å². The summed E-state index contributed by atoms with van der Waals surface area (Å²) in [6, 6.07) is 14.4. The topological polar surface area (TPSA) is 49.7 Å². The first-order valence-corrected chi connectivity index (χ1v) is 10.3. The van der Waals surface area contributed by atoms with Crippen LogP contribution in [0.5, 0.6) is 17.2 Å². The molecule has 0 radical (unpaired) electrons. The summed E-state index contributed by atoms with van der Waals surface area (Å²) < 4.78 is 19.5. The maximum Gasteiger partial charge on any atom is 0.202 e. The number of ether oxygens (including phenoxy) is 3. The Morgan fingerprint density at radius 2 is 1.90 bits per heavy atom. The van der Waals surface area contributed by atoms with E-state index in [0.717, 1.165) is 22.9 Å². The van der Waals surface area contributed by atoms with Crippen LogP contribution in [0.25, 0.3) is 0 Å². The van der Waals surface area contributed by atoms with Crippen molar-refractivity contribution in [3.05, 3.63) is 75.5 Å². The van der Waals surface area contributed by atoms with E-state index in [-0.39, 0.29) is 18.5 Å². The first-order valence-electron chi connectivity index (χ1n) is 9.58. The minimum Gasteiger partial charge on any atom is -0.486 e. The highest BCUT2D eigenvalue weighted by atomic mass is 35.5. The van der Waals surface area contributed by atoms with Crippen molar-refractivity contribution in [3.63, 3.8) is 0 Å². The zero-order valence-corrected chi connectivity index (χ0v) is 18.2. The van der Waals surface area contributed by atoms with Crippen molar-refractivity contribution in [1.29, 1.82) is 0 Å². The van der Waals surface area contributed by atoms with E-state index in [4.69, 9.17) is 37.4 Å². The number of benzene rings is 2. The second-order valence-corrected chi connectivity index (χ2v) is 8.02. The van der Waals surface area contributed by atoms with Crippen LogP contribution in [0.2, 0.25) is 10.0 Å². The highest BCUT2D eigenvalue weighted by molar-refractivity contribution is 6.35. The zero-order chi connectivity index (χ0) is 21.3. The number of Topliss-reactive ketones (excluding diaryl/α,β-unsaturated/α-hetero) is 1. The van der Waals surface area contributed by atoms with Gasteiger partial charge in [-0.3, -0.25) is 4.79 Å². The van der Waals surface area contributed by atoms with Gasteiger partial charge in [-0.15, -0.1) is 0 Å². The molecule has 0 amide bonds. The van der Waals surface area contributed by atoms with Crippen LogP contribution in [-0.4, -0.2) is 29.7 Å². The molecule has 4 rings (SSSR count). The molecular formula is C23H21Cl2NO4. The van der Waals surface area contributed by atoms with Gasteiger partial charge in [0.2, 0.25) is 5.78 Å². The zero-order valence-electron chi connectivity index (χ0n) is 16.7. The fraction of sp³-hybridized carbons (Fsp3) is 0.261. The minimum absolute atomic E-state index is 0.109. The summed E-state index contributed by atoms with van der Waals surface area (Å²) in [7, 11) is 0. The SMILES string of the molecule is Cc1cc(C(=O)COc2ccc(Cl)cc2Cl)c(C)n1CC1COc2ccccc2O1. The molecule has 1 atom stereocenters. The van der Waals surface area contributed by atoms with Crippen LogP contribution in [0, 0.1) is 13.8 Å². The second-order valence-electron chi connectivity index (χ2n) is 7.18. The lowest BCUT2D eigenvalue weighted by atomic mass is 10.1. The molecule has 3 aromatic rings. The fourth-order valence-corrected chi connectivity index (χ4v) is 4.00. The fourth-order valence-electron chi connectivity index (χ4n) is 3.53. The standard InChI is InChI=1S/C23H21Cl2NO4/c1-14-9-18(20(27)13-29-21-8-7-16(24)10-19(21)25)15(2)26(14)11-17-12-28-22-5-3-4-6-23(22)30-17/h3-10,17H,11-13H2,1-2H3. The summed E-state index contributed by atoms with van der Waals surface area (Å²) in [5, 5.41) is 0.884. The Morgan fingerprint density at radius 1 is 1.13 bits per heavy atom. The molecule has 0 fully saturated rings. The van der Waals surface area contributed by atoms with Gasteiger partial charge in [0.05, 0.1) is 11.6 Å². The maximum atomic E-state index is 12.8. The molecule has 156 valence electrons. The Balaban J connectivity index is 1.45. The van der Waals surface area contributed by atoms with Crippen molar-refractivity contribution in [1.82, 2.24) is 4.57 Å². The molecule has 0 saturated heterocycles. The highest BCUT2D eigenvalue weighted by Gasteiger charge is 2.24. The van der Waals surface area contributed by atoms with Gasteiger partial charge in [0.1, 0.15) is 12.4 Å². The van der Waals surface area contributed by atoms with E-state index < -0.39 is 0 Å². The molecule has 0 aliphatic carbocycles. The molecule has 2 heterocycles. The van der Waals surface area contributed by atoms with Crippen molar-refractivity contribution < 1.29 is 19.0 Å². The number of rotatable bonds is 6. The van der Waals surface area contributed by atoms with E-state index in [0.29, 0.717) is 34.5 Å². The lowest BCUT2D eigenvalue weighted by Gasteiger charge is -2.27. The largest absolute Gasteiger partial charge is 0.486 e. The third-order valence-corrected chi connectivity index (χ3v) is 5.61. The Bertz CT molecular complexity index is 1090. The number of aromatic nitrogens is 1. The number of para-hydroxylation sites is 2. The van der Waals surface area contributed by atoms with Gasteiger partial charge >= 0.3 is 0 Å². The van der Waals surface area contributed by atoms with E-state index >= 15 is 0 Å². The highest BCUT2D eigenvalue weighted by Crippen LogP contribution is 2.32. The molecular weight excluding hydrogens is 425 g/mol. The number of carbonyl (C=O) groups excluding carboxylic acids is 1. The molecule has 0 N–H and O–H groups in total. The molecule has 7 heteroatoms. The van der Waals surface area contributed by atoms with Crippen LogP contribution in [0.1, 0.15) is 21.7 Å². The van der Waals surface area contributed by atoms with Crippen LogP contribution in [-0.2, 0) is 6.54 Å². The number of hydrogen-bond donors (Lipinski definition) is 0. The summed E-state index contributed by atoms with van der Waals surface area (Å²) in [5.74, 6) is 1.80. The molecule has 1 aliphatic heterocycles. The predicted molar refractivity (Wildman–Crippen MR) is 117 cm³/mol. The van der Waals surface area contributed by atoms with Crippen LogP contribution in [0.15, 0.2) is 48.5 Å². The molecule has 2 aromatic carbocycles. The van der Waals surface area contributed by atoms with Gasteiger partial charge in [-0.05, 0) is 50.2 Å². The van der Waals surface area contributed by atoms with Crippen molar-refractivity contribution >= 4 is 29.0 Å². The molecule has 1 aliphatic rings. The first-order chi connectivity index (χ1) is 14.4. The maximum absolute atomic E-state index is 12.8.